The van der Waals surface area contributed by atoms with Crippen LogP contribution in [0.5, 0.6) is 0 Å². The number of carbonyl (C=O) groups excluding carboxylic acids is 2. The predicted octanol–water partition coefficient (Wildman–Crippen LogP) is 12.8. The van der Waals surface area contributed by atoms with E-state index in [1.165, 1.54) is 38.5 Å². The summed E-state index contributed by atoms with van der Waals surface area (Å²) in [4.78, 5) is 25.9. The first-order valence-electron chi connectivity index (χ1n) is 22.2. The quantitative estimate of drug-likeness (QED) is 0.0332. The van der Waals surface area contributed by atoms with Gasteiger partial charge in [0.25, 0.3) is 0 Å². The molecule has 6 nitrogen and oxygen atoms in total. The van der Waals surface area contributed by atoms with Crippen LogP contribution in [0.4, 0.5) is 0 Å². The first kappa shape index (κ1) is 52.5. The summed E-state index contributed by atoms with van der Waals surface area (Å²) >= 11 is 0. The normalized spacial score (nSPS) is 14.4. The minimum absolute atomic E-state index is 0.0105. The zero-order valence-corrected chi connectivity index (χ0v) is 35.7. The maximum Gasteiger partial charge on any atom is 0.306 e. The summed E-state index contributed by atoms with van der Waals surface area (Å²) in [7, 11) is 0. The van der Waals surface area contributed by atoms with Crippen LogP contribution in [0, 0.1) is 0 Å². The molecule has 0 bridgehead atoms. The molecule has 3 atom stereocenters. The van der Waals surface area contributed by atoms with Gasteiger partial charge >= 0.3 is 5.97 Å². The van der Waals surface area contributed by atoms with Gasteiger partial charge < -0.3 is 20.3 Å². The van der Waals surface area contributed by atoms with Crippen LogP contribution in [0.3, 0.4) is 0 Å². The van der Waals surface area contributed by atoms with E-state index in [4.69, 9.17) is 4.74 Å². The van der Waals surface area contributed by atoms with E-state index < -0.39 is 18.2 Å². The van der Waals surface area contributed by atoms with Gasteiger partial charge in [-0.15, -0.1) is 0 Å². The first-order valence-corrected chi connectivity index (χ1v) is 22.2. The van der Waals surface area contributed by atoms with Crippen molar-refractivity contribution < 1.29 is 24.5 Å². The fourth-order valence-electron chi connectivity index (χ4n) is 5.99. The highest BCUT2D eigenvalue weighted by Gasteiger charge is 2.23. The average Bonchev–Trinajstić information content (AvgIpc) is 3.19. The number of rotatable bonds is 37. The van der Waals surface area contributed by atoms with Crippen molar-refractivity contribution >= 4 is 11.9 Å². The molecule has 0 radical (unpaired) electrons. The third-order valence-electron chi connectivity index (χ3n) is 9.32. The van der Waals surface area contributed by atoms with Crippen LogP contribution in [0.1, 0.15) is 168 Å². The van der Waals surface area contributed by atoms with Gasteiger partial charge in [0.15, 0.2) is 0 Å². The summed E-state index contributed by atoms with van der Waals surface area (Å²) in [6.45, 7) is 6.12. The van der Waals surface area contributed by atoms with E-state index in [1.54, 1.807) is 0 Å². The molecule has 0 spiro atoms. The van der Waals surface area contributed by atoms with E-state index in [2.05, 4.69) is 74.7 Å². The van der Waals surface area contributed by atoms with E-state index in [0.717, 1.165) is 83.5 Å². The SMILES string of the molecule is CC\C=C/C=C/C=C/C=C\C=C\C=C\CCCC(CC(=O)NC(CO)C(O)CCCCCCCCCCC)OC(=O)CCCCCCC\C=C/C=C/C=C/CC. The van der Waals surface area contributed by atoms with Crippen LogP contribution in [-0.2, 0) is 14.3 Å². The predicted molar refractivity (Wildman–Crippen MR) is 240 cm³/mol. The van der Waals surface area contributed by atoms with Gasteiger partial charge in [-0.2, -0.15) is 0 Å². The Balaban J connectivity index is 4.85. The van der Waals surface area contributed by atoms with E-state index in [1.807, 2.05) is 60.8 Å². The van der Waals surface area contributed by atoms with Crippen molar-refractivity contribution in [3.05, 3.63) is 109 Å². The van der Waals surface area contributed by atoms with E-state index >= 15 is 0 Å². The Morgan fingerprint density at radius 3 is 1.50 bits per heavy atom. The Bertz CT molecular complexity index is 1190. The molecule has 0 aliphatic heterocycles. The van der Waals surface area contributed by atoms with Crippen LogP contribution in [-0.4, -0.2) is 46.9 Å². The van der Waals surface area contributed by atoms with Crippen molar-refractivity contribution in [2.45, 2.75) is 187 Å². The fraction of sp³-hybridized carbons (Fsp3) is 0.600. The molecule has 316 valence electrons. The van der Waals surface area contributed by atoms with Crippen LogP contribution < -0.4 is 5.32 Å². The van der Waals surface area contributed by atoms with Crippen molar-refractivity contribution in [1.82, 2.24) is 5.32 Å². The fourth-order valence-corrected chi connectivity index (χ4v) is 5.99. The molecule has 0 aromatic rings. The van der Waals surface area contributed by atoms with Crippen LogP contribution in [0.15, 0.2) is 109 Å². The standard InChI is InChI=1S/C50H81NO5/c1-4-7-10-13-16-19-21-23-24-26-27-30-32-35-38-41-46(56-50(55)43-40-37-34-31-28-25-22-20-17-14-11-8-5-2)44-49(54)51-47(45-52)48(53)42-39-36-33-29-18-15-12-9-6-3/h7-8,10-11,13-14,16-17,19-24,26-27,30,32,46-48,52-53H,4-6,9,12,15,18,25,28-29,31,33-45H2,1-3H3,(H,51,54)/b10-7-,11-8+,16-13+,17-14+,21-19+,22-20-,24-23-,27-26+,32-30+. The summed E-state index contributed by atoms with van der Waals surface area (Å²) in [5, 5.41) is 23.5. The molecule has 3 N–H and O–H groups in total. The zero-order valence-electron chi connectivity index (χ0n) is 35.7. The van der Waals surface area contributed by atoms with Gasteiger partial charge in [0.1, 0.15) is 6.10 Å². The molecule has 56 heavy (non-hydrogen) atoms. The van der Waals surface area contributed by atoms with Crippen LogP contribution in [0.25, 0.3) is 0 Å². The second-order valence-corrected chi connectivity index (χ2v) is 14.5. The molecule has 0 aromatic carbocycles. The highest BCUT2D eigenvalue weighted by molar-refractivity contribution is 5.77. The topological polar surface area (TPSA) is 95.9 Å². The van der Waals surface area contributed by atoms with Crippen molar-refractivity contribution in [2.75, 3.05) is 6.61 Å². The lowest BCUT2D eigenvalue weighted by atomic mass is 10.0. The zero-order chi connectivity index (χ0) is 41.0. The van der Waals surface area contributed by atoms with E-state index in [-0.39, 0.29) is 24.9 Å². The van der Waals surface area contributed by atoms with Gasteiger partial charge in [-0.1, -0.05) is 207 Å². The Hall–Kier alpha value is -3.48. The summed E-state index contributed by atoms with van der Waals surface area (Å²) < 4.78 is 5.85. The highest BCUT2D eigenvalue weighted by atomic mass is 16.5. The minimum Gasteiger partial charge on any atom is -0.462 e. The number of esters is 1. The summed E-state index contributed by atoms with van der Waals surface area (Å²) in [5.41, 5.74) is 0. The molecular weight excluding hydrogens is 695 g/mol. The Labute approximate surface area is 343 Å². The molecule has 3 unspecified atom stereocenters. The first-order chi connectivity index (χ1) is 27.5. The van der Waals surface area contributed by atoms with E-state index in [9.17, 15) is 19.8 Å². The number of allylic oxidation sites excluding steroid dienone is 18. The monoisotopic (exact) mass is 776 g/mol. The summed E-state index contributed by atoms with van der Waals surface area (Å²) in [6.07, 6.45) is 57.2. The van der Waals surface area contributed by atoms with Gasteiger partial charge in [0.2, 0.25) is 5.91 Å². The minimum atomic E-state index is -0.816. The van der Waals surface area contributed by atoms with E-state index in [0.29, 0.717) is 19.3 Å². The molecule has 0 aliphatic carbocycles. The number of aliphatic hydroxyl groups is 2. The molecule has 0 saturated carbocycles. The van der Waals surface area contributed by atoms with Crippen molar-refractivity contribution in [3.63, 3.8) is 0 Å². The summed E-state index contributed by atoms with van der Waals surface area (Å²) in [5.74, 6) is -0.590. The van der Waals surface area contributed by atoms with Crippen LogP contribution in [0.2, 0.25) is 0 Å². The number of carbonyl (C=O) groups is 2. The second-order valence-electron chi connectivity index (χ2n) is 14.5. The lowest BCUT2D eigenvalue weighted by Crippen LogP contribution is -2.46. The molecule has 0 saturated heterocycles. The van der Waals surface area contributed by atoms with Crippen molar-refractivity contribution in [1.29, 1.82) is 0 Å². The number of amides is 1. The molecule has 0 heterocycles. The number of ether oxygens (including phenoxy) is 1. The van der Waals surface area contributed by atoms with Gasteiger partial charge in [0.05, 0.1) is 25.2 Å². The van der Waals surface area contributed by atoms with Crippen molar-refractivity contribution in [3.8, 4) is 0 Å². The van der Waals surface area contributed by atoms with Crippen LogP contribution >= 0.6 is 0 Å². The Morgan fingerprint density at radius 2 is 0.982 bits per heavy atom. The molecule has 0 fully saturated rings. The lowest BCUT2D eigenvalue weighted by molar-refractivity contribution is -0.151. The third kappa shape index (κ3) is 37.4. The highest BCUT2D eigenvalue weighted by Crippen LogP contribution is 2.16. The lowest BCUT2D eigenvalue weighted by Gasteiger charge is -2.24. The number of hydrogen-bond acceptors (Lipinski definition) is 5. The maximum atomic E-state index is 13.1. The molecule has 0 aromatic heterocycles. The maximum absolute atomic E-state index is 13.1. The number of aliphatic hydroxyl groups excluding tert-OH is 2. The molecule has 0 rings (SSSR count). The van der Waals surface area contributed by atoms with Gasteiger partial charge in [-0.3, -0.25) is 9.59 Å². The number of hydrogen-bond donors (Lipinski definition) is 3. The Morgan fingerprint density at radius 1 is 0.536 bits per heavy atom. The largest absolute Gasteiger partial charge is 0.462 e. The van der Waals surface area contributed by atoms with Gasteiger partial charge in [-0.05, 0) is 57.8 Å². The Kier molecular flexibility index (Phi) is 40.0. The number of unbranched alkanes of at least 4 members (excludes halogenated alkanes) is 14. The smallest absolute Gasteiger partial charge is 0.306 e. The third-order valence-corrected chi connectivity index (χ3v) is 9.32. The molecule has 0 aliphatic rings. The summed E-state index contributed by atoms with van der Waals surface area (Å²) in [6, 6.07) is -0.735. The molecule has 1 amide bonds. The number of nitrogens with one attached hydrogen (secondary N) is 1. The molecule has 6 heteroatoms. The molecular formula is C50H81NO5. The van der Waals surface area contributed by atoms with Gasteiger partial charge in [-0.25, -0.2) is 0 Å². The average molecular weight is 776 g/mol. The second kappa shape index (κ2) is 42.7. The van der Waals surface area contributed by atoms with Crippen molar-refractivity contribution in [2.24, 2.45) is 0 Å². The van der Waals surface area contributed by atoms with Gasteiger partial charge in [0, 0.05) is 6.42 Å².